The van der Waals surface area contributed by atoms with Gasteiger partial charge in [0.1, 0.15) is 0 Å². The second-order valence-corrected chi connectivity index (χ2v) is 4.32. The third-order valence-corrected chi connectivity index (χ3v) is 3.12. The SMILES string of the molecule is O=C(CC1C=CCC1)N1CC(CO)C1. The number of aliphatic hydroxyl groups excluding tert-OH is 1. The molecule has 0 radical (unpaired) electrons. The second-order valence-electron chi connectivity index (χ2n) is 4.32. The average Bonchev–Trinajstić information content (AvgIpc) is 2.54. The average molecular weight is 195 g/mol. The molecule has 0 aromatic heterocycles. The Morgan fingerprint density at radius 2 is 2.29 bits per heavy atom. The van der Waals surface area contributed by atoms with Crippen LogP contribution >= 0.6 is 0 Å². The van der Waals surface area contributed by atoms with Crippen LogP contribution in [0.4, 0.5) is 0 Å². The monoisotopic (exact) mass is 195 g/mol. The molecule has 1 unspecified atom stereocenters. The lowest BCUT2D eigenvalue weighted by molar-refractivity contribution is -0.139. The number of aliphatic hydroxyl groups is 1. The maximum Gasteiger partial charge on any atom is 0.223 e. The van der Waals surface area contributed by atoms with Crippen LogP contribution in [0.2, 0.25) is 0 Å². The van der Waals surface area contributed by atoms with E-state index in [4.69, 9.17) is 5.11 Å². The zero-order valence-corrected chi connectivity index (χ0v) is 8.35. The highest BCUT2D eigenvalue weighted by Crippen LogP contribution is 2.23. The third-order valence-electron chi connectivity index (χ3n) is 3.12. The van der Waals surface area contributed by atoms with E-state index in [1.54, 1.807) is 0 Å². The smallest absolute Gasteiger partial charge is 0.223 e. The molecule has 2 rings (SSSR count). The summed E-state index contributed by atoms with van der Waals surface area (Å²) in [5.74, 6) is 1.06. The Bertz CT molecular complexity index is 244. The molecule has 1 atom stereocenters. The topological polar surface area (TPSA) is 40.5 Å². The van der Waals surface area contributed by atoms with Gasteiger partial charge < -0.3 is 10.0 Å². The van der Waals surface area contributed by atoms with Crippen LogP contribution in [0.1, 0.15) is 19.3 Å². The van der Waals surface area contributed by atoms with E-state index in [-0.39, 0.29) is 12.5 Å². The molecule has 1 saturated heterocycles. The number of carbonyl (C=O) groups is 1. The van der Waals surface area contributed by atoms with Crippen LogP contribution in [0.5, 0.6) is 0 Å². The van der Waals surface area contributed by atoms with Crippen LogP contribution in [-0.2, 0) is 4.79 Å². The molecule has 0 bridgehead atoms. The molecule has 1 heterocycles. The van der Waals surface area contributed by atoms with Gasteiger partial charge in [0.05, 0.1) is 0 Å². The lowest BCUT2D eigenvalue weighted by Gasteiger charge is -2.38. The Hall–Kier alpha value is -0.830. The van der Waals surface area contributed by atoms with Gasteiger partial charge in [-0.2, -0.15) is 0 Å². The van der Waals surface area contributed by atoms with Crippen LogP contribution in [-0.4, -0.2) is 35.6 Å². The van der Waals surface area contributed by atoms with E-state index in [2.05, 4.69) is 12.2 Å². The Balaban J connectivity index is 1.71. The quantitative estimate of drug-likeness (QED) is 0.676. The first-order valence-corrected chi connectivity index (χ1v) is 5.35. The Labute approximate surface area is 84.4 Å². The summed E-state index contributed by atoms with van der Waals surface area (Å²) in [5, 5.41) is 8.82. The molecule has 3 heteroatoms. The normalized spacial score (nSPS) is 26.6. The fourth-order valence-corrected chi connectivity index (χ4v) is 2.11. The summed E-state index contributed by atoms with van der Waals surface area (Å²) in [7, 11) is 0. The molecule has 1 aliphatic heterocycles. The van der Waals surface area contributed by atoms with Gasteiger partial charge in [-0.3, -0.25) is 4.79 Å². The van der Waals surface area contributed by atoms with Crippen LogP contribution in [0, 0.1) is 11.8 Å². The van der Waals surface area contributed by atoms with Gasteiger partial charge in [-0.15, -0.1) is 0 Å². The number of allylic oxidation sites excluding steroid dienone is 2. The largest absolute Gasteiger partial charge is 0.396 e. The van der Waals surface area contributed by atoms with Crippen molar-refractivity contribution in [1.82, 2.24) is 4.90 Å². The molecule has 3 nitrogen and oxygen atoms in total. The molecule has 1 fully saturated rings. The van der Waals surface area contributed by atoms with Crippen LogP contribution in [0.3, 0.4) is 0 Å². The first kappa shape index (κ1) is 9.71. The number of nitrogens with zero attached hydrogens (tertiary/aromatic N) is 1. The highest BCUT2D eigenvalue weighted by Gasteiger charge is 2.30. The van der Waals surface area contributed by atoms with E-state index in [9.17, 15) is 4.79 Å². The summed E-state index contributed by atoms with van der Waals surface area (Å²) in [4.78, 5) is 13.5. The van der Waals surface area contributed by atoms with Crippen molar-refractivity contribution in [3.63, 3.8) is 0 Å². The van der Waals surface area contributed by atoms with Gasteiger partial charge in [-0.05, 0) is 18.8 Å². The lowest BCUT2D eigenvalue weighted by atomic mass is 9.98. The minimum atomic E-state index is 0.215. The number of hydrogen-bond donors (Lipinski definition) is 1. The van der Waals surface area contributed by atoms with Crippen molar-refractivity contribution in [2.45, 2.75) is 19.3 Å². The third kappa shape index (κ3) is 1.98. The molecule has 0 aromatic carbocycles. The van der Waals surface area contributed by atoms with Gasteiger partial charge in [0.25, 0.3) is 0 Å². The van der Waals surface area contributed by atoms with E-state index < -0.39 is 0 Å². The summed E-state index contributed by atoms with van der Waals surface area (Å²) in [6.07, 6.45) is 7.22. The van der Waals surface area contributed by atoms with Gasteiger partial charge in [0, 0.05) is 32.0 Å². The van der Waals surface area contributed by atoms with Gasteiger partial charge in [0.15, 0.2) is 0 Å². The van der Waals surface area contributed by atoms with Crippen molar-refractivity contribution in [3.8, 4) is 0 Å². The summed E-state index contributed by atoms with van der Waals surface area (Å²) in [6, 6.07) is 0. The van der Waals surface area contributed by atoms with Crippen molar-refractivity contribution < 1.29 is 9.90 Å². The molecular weight excluding hydrogens is 178 g/mol. The highest BCUT2D eigenvalue weighted by atomic mass is 16.3. The minimum absolute atomic E-state index is 0.215. The van der Waals surface area contributed by atoms with E-state index in [0.29, 0.717) is 18.3 Å². The lowest BCUT2D eigenvalue weighted by Crippen LogP contribution is -2.51. The summed E-state index contributed by atoms with van der Waals surface area (Å²) in [5.41, 5.74) is 0. The fraction of sp³-hybridized carbons (Fsp3) is 0.727. The van der Waals surface area contributed by atoms with Gasteiger partial charge in [-0.1, -0.05) is 12.2 Å². The van der Waals surface area contributed by atoms with Crippen LogP contribution < -0.4 is 0 Å². The van der Waals surface area contributed by atoms with Crippen molar-refractivity contribution in [1.29, 1.82) is 0 Å². The molecule has 1 N–H and O–H groups in total. The molecule has 0 aromatic rings. The summed E-state index contributed by atoms with van der Waals surface area (Å²) < 4.78 is 0. The fourth-order valence-electron chi connectivity index (χ4n) is 2.11. The Morgan fingerprint density at radius 3 is 2.86 bits per heavy atom. The van der Waals surface area contributed by atoms with E-state index in [0.717, 1.165) is 25.9 Å². The van der Waals surface area contributed by atoms with Crippen molar-refractivity contribution in [2.75, 3.05) is 19.7 Å². The number of likely N-dealkylation sites (tertiary alicyclic amines) is 1. The van der Waals surface area contributed by atoms with E-state index in [1.165, 1.54) is 0 Å². The number of rotatable bonds is 3. The summed E-state index contributed by atoms with van der Waals surface area (Å²) in [6.45, 7) is 1.73. The molecule has 2 aliphatic rings. The molecule has 78 valence electrons. The number of carbonyl (C=O) groups excluding carboxylic acids is 1. The first-order chi connectivity index (χ1) is 6.79. The Kier molecular flexibility index (Phi) is 2.87. The molecule has 1 aliphatic carbocycles. The van der Waals surface area contributed by atoms with Crippen molar-refractivity contribution in [2.24, 2.45) is 11.8 Å². The maximum absolute atomic E-state index is 11.7. The molecule has 0 spiro atoms. The maximum atomic E-state index is 11.7. The molecular formula is C11H17NO2. The zero-order valence-electron chi connectivity index (χ0n) is 8.35. The number of hydrogen-bond acceptors (Lipinski definition) is 2. The first-order valence-electron chi connectivity index (χ1n) is 5.35. The second kappa shape index (κ2) is 4.13. The standard InChI is InChI=1S/C11H17NO2/c13-8-10-6-12(7-10)11(14)5-9-3-1-2-4-9/h1,3,9-10,13H,2,4-8H2. The Morgan fingerprint density at radius 1 is 1.50 bits per heavy atom. The van der Waals surface area contributed by atoms with Gasteiger partial charge >= 0.3 is 0 Å². The zero-order chi connectivity index (χ0) is 9.97. The molecule has 14 heavy (non-hydrogen) atoms. The highest BCUT2D eigenvalue weighted by molar-refractivity contribution is 5.77. The molecule has 1 amide bonds. The van der Waals surface area contributed by atoms with Gasteiger partial charge in [0.2, 0.25) is 5.91 Å². The predicted molar refractivity (Wildman–Crippen MR) is 53.6 cm³/mol. The van der Waals surface area contributed by atoms with Crippen LogP contribution in [0.25, 0.3) is 0 Å². The van der Waals surface area contributed by atoms with E-state index in [1.807, 2.05) is 4.90 Å². The van der Waals surface area contributed by atoms with E-state index >= 15 is 0 Å². The van der Waals surface area contributed by atoms with Crippen LogP contribution in [0.15, 0.2) is 12.2 Å². The minimum Gasteiger partial charge on any atom is -0.396 e. The summed E-state index contributed by atoms with van der Waals surface area (Å²) >= 11 is 0. The van der Waals surface area contributed by atoms with Crippen molar-refractivity contribution in [3.05, 3.63) is 12.2 Å². The number of amides is 1. The molecule has 0 saturated carbocycles. The van der Waals surface area contributed by atoms with Crippen molar-refractivity contribution >= 4 is 5.91 Å². The predicted octanol–water partition coefficient (Wildman–Crippen LogP) is 0.793. The van der Waals surface area contributed by atoms with Gasteiger partial charge in [-0.25, -0.2) is 0 Å².